The minimum atomic E-state index is -0.0495. The van der Waals surface area contributed by atoms with Crippen LogP contribution in [0, 0.1) is 0 Å². The van der Waals surface area contributed by atoms with Crippen LogP contribution in [-0.4, -0.2) is 14.7 Å². The zero-order chi connectivity index (χ0) is 8.27. The van der Waals surface area contributed by atoms with Crippen LogP contribution in [0.5, 0.6) is 0 Å². The second-order valence-corrected chi connectivity index (χ2v) is 2.47. The standard InChI is InChI=1S/C7H8N2OS/c1-2-6(10)5-7-8-3-4-9(7)11/h2-4,11H,1,5H2. The summed E-state index contributed by atoms with van der Waals surface area (Å²) in [6, 6.07) is 0. The van der Waals surface area contributed by atoms with Crippen molar-refractivity contribution in [2.24, 2.45) is 0 Å². The van der Waals surface area contributed by atoms with Gasteiger partial charge in [0.2, 0.25) is 0 Å². The van der Waals surface area contributed by atoms with E-state index in [1.807, 2.05) is 0 Å². The van der Waals surface area contributed by atoms with Crippen LogP contribution in [-0.2, 0) is 11.2 Å². The summed E-state index contributed by atoms with van der Waals surface area (Å²) in [5, 5.41) is 0. The molecule has 0 radical (unpaired) electrons. The van der Waals surface area contributed by atoms with Crippen molar-refractivity contribution in [3.05, 3.63) is 30.9 Å². The van der Waals surface area contributed by atoms with E-state index in [0.717, 1.165) is 0 Å². The summed E-state index contributed by atoms with van der Waals surface area (Å²) >= 11 is 4.03. The lowest BCUT2D eigenvalue weighted by Crippen LogP contribution is -2.02. The number of thiol groups is 1. The molecule has 0 amide bonds. The van der Waals surface area contributed by atoms with E-state index < -0.39 is 0 Å². The maximum absolute atomic E-state index is 10.8. The molecule has 0 aliphatic carbocycles. The lowest BCUT2D eigenvalue weighted by Gasteiger charge is -1.95. The number of aromatic nitrogens is 2. The molecule has 1 aromatic heterocycles. The van der Waals surface area contributed by atoms with Gasteiger partial charge in [-0.3, -0.25) is 8.77 Å². The van der Waals surface area contributed by atoms with E-state index in [0.29, 0.717) is 5.82 Å². The third-order valence-corrected chi connectivity index (χ3v) is 1.62. The van der Waals surface area contributed by atoms with Gasteiger partial charge in [0.05, 0.1) is 6.42 Å². The molecule has 0 spiro atoms. The van der Waals surface area contributed by atoms with Crippen LogP contribution < -0.4 is 0 Å². The van der Waals surface area contributed by atoms with Crippen molar-refractivity contribution in [1.29, 1.82) is 0 Å². The van der Waals surface area contributed by atoms with Crippen LogP contribution in [0.1, 0.15) is 5.82 Å². The van der Waals surface area contributed by atoms with E-state index in [9.17, 15) is 4.79 Å². The van der Waals surface area contributed by atoms with Crippen LogP contribution in [0.3, 0.4) is 0 Å². The number of hydrogen-bond donors (Lipinski definition) is 1. The van der Waals surface area contributed by atoms with Crippen molar-refractivity contribution in [1.82, 2.24) is 8.96 Å². The van der Waals surface area contributed by atoms with Gasteiger partial charge in [-0.25, -0.2) is 4.98 Å². The van der Waals surface area contributed by atoms with Crippen molar-refractivity contribution in [3.63, 3.8) is 0 Å². The van der Waals surface area contributed by atoms with Crippen LogP contribution >= 0.6 is 12.8 Å². The van der Waals surface area contributed by atoms with Crippen LogP contribution in [0.2, 0.25) is 0 Å². The van der Waals surface area contributed by atoms with Gasteiger partial charge in [0.25, 0.3) is 0 Å². The van der Waals surface area contributed by atoms with E-state index in [4.69, 9.17) is 0 Å². The molecule has 0 atom stereocenters. The highest BCUT2D eigenvalue weighted by Gasteiger charge is 2.03. The van der Waals surface area contributed by atoms with E-state index in [-0.39, 0.29) is 12.2 Å². The van der Waals surface area contributed by atoms with E-state index in [1.54, 1.807) is 12.4 Å². The van der Waals surface area contributed by atoms with Crippen molar-refractivity contribution in [2.75, 3.05) is 0 Å². The van der Waals surface area contributed by atoms with Gasteiger partial charge < -0.3 is 0 Å². The number of carbonyl (C=O) groups excluding carboxylic acids is 1. The molecule has 0 N–H and O–H groups in total. The molecule has 58 valence electrons. The molecule has 0 unspecified atom stereocenters. The Morgan fingerprint density at radius 2 is 2.64 bits per heavy atom. The van der Waals surface area contributed by atoms with Gasteiger partial charge in [0, 0.05) is 12.4 Å². The van der Waals surface area contributed by atoms with Gasteiger partial charge in [-0.05, 0) is 6.08 Å². The molecule has 0 aliphatic rings. The summed E-state index contributed by atoms with van der Waals surface area (Å²) in [7, 11) is 0. The number of imidazole rings is 1. The maximum atomic E-state index is 10.8. The largest absolute Gasteiger partial charge is 0.294 e. The number of rotatable bonds is 3. The summed E-state index contributed by atoms with van der Waals surface area (Å²) < 4.78 is 1.52. The van der Waals surface area contributed by atoms with Crippen molar-refractivity contribution in [2.45, 2.75) is 6.42 Å². The molecule has 11 heavy (non-hydrogen) atoms. The Balaban J connectivity index is 2.71. The number of nitrogens with zero attached hydrogens (tertiary/aromatic N) is 2. The summed E-state index contributed by atoms with van der Waals surface area (Å²) in [6.45, 7) is 3.36. The minimum Gasteiger partial charge on any atom is -0.294 e. The molecule has 1 aromatic rings. The molecule has 0 aromatic carbocycles. The van der Waals surface area contributed by atoms with Crippen LogP contribution in [0.15, 0.2) is 25.0 Å². The average molecular weight is 168 g/mol. The lowest BCUT2D eigenvalue weighted by atomic mass is 10.3. The first-order valence-electron chi connectivity index (χ1n) is 3.11. The first kappa shape index (κ1) is 8.07. The first-order valence-corrected chi connectivity index (χ1v) is 3.51. The molecule has 1 rings (SSSR count). The molecule has 1 heterocycles. The Morgan fingerprint density at radius 1 is 1.91 bits per heavy atom. The van der Waals surface area contributed by atoms with Crippen molar-refractivity contribution in [3.8, 4) is 0 Å². The predicted octanol–water partition coefficient (Wildman–Crippen LogP) is 0.874. The Labute approximate surface area is 70.3 Å². The Bertz CT molecular complexity index is 280. The van der Waals surface area contributed by atoms with Crippen LogP contribution in [0.25, 0.3) is 0 Å². The summed E-state index contributed by atoms with van der Waals surface area (Å²) in [5.74, 6) is 0.588. The fraction of sp³-hybridized carbons (Fsp3) is 0.143. The molecule has 3 nitrogen and oxygen atoms in total. The molecule has 4 heteroatoms. The third kappa shape index (κ3) is 1.94. The fourth-order valence-electron chi connectivity index (χ4n) is 0.682. The Hall–Kier alpha value is -1.03. The summed E-state index contributed by atoms with van der Waals surface area (Å²) in [6.07, 6.45) is 4.82. The molecule has 0 bridgehead atoms. The van der Waals surface area contributed by atoms with Crippen LogP contribution in [0.4, 0.5) is 0 Å². The van der Waals surface area contributed by atoms with E-state index in [2.05, 4.69) is 24.4 Å². The van der Waals surface area contributed by atoms with E-state index >= 15 is 0 Å². The van der Waals surface area contributed by atoms with Crippen molar-refractivity contribution < 1.29 is 4.79 Å². The van der Waals surface area contributed by atoms with Gasteiger partial charge in [0.1, 0.15) is 5.82 Å². The highest BCUT2D eigenvalue weighted by atomic mass is 32.1. The Kier molecular flexibility index (Phi) is 2.48. The molecule has 0 fully saturated rings. The highest BCUT2D eigenvalue weighted by Crippen LogP contribution is 2.00. The normalized spacial score (nSPS) is 9.55. The quantitative estimate of drug-likeness (QED) is 0.537. The summed E-state index contributed by atoms with van der Waals surface area (Å²) in [4.78, 5) is 14.7. The van der Waals surface area contributed by atoms with Gasteiger partial charge in [-0.15, -0.1) is 0 Å². The summed E-state index contributed by atoms with van der Waals surface area (Å²) in [5.41, 5.74) is 0. The average Bonchev–Trinajstić information content (AvgIpc) is 2.37. The predicted molar refractivity (Wildman–Crippen MR) is 45.5 cm³/mol. The van der Waals surface area contributed by atoms with Gasteiger partial charge >= 0.3 is 0 Å². The molecular weight excluding hydrogens is 160 g/mol. The second-order valence-electron chi connectivity index (χ2n) is 2.04. The minimum absolute atomic E-state index is 0.0495. The highest BCUT2D eigenvalue weighted by molar-refractivity contribution is 7.78. The molecule has 0 aliphatic heterocycles. The number of allylic oxidation sites excluding steroid dienone is 1. The van der Waals surface area contributed by atoms with Gasteiger partial charge in [-0.1, -0.05) is 19.4 Å². The molecule has 0 saturated carbocycles. The smallest absolute Gasteiger partial charge is 0.162 e. The number of carbonyl (C=O) groups is 1. The van der Waals surface area contributed by atoms with Gasteiger partial charge in [0.15, 0.2) is 5.78 Å². The monoisotopic (exact) mass is 168 g/mol. The number of ketones is 1. The Morgan fingerprint density at radius 3 is 3.09 bits per heavy atom. The third-order valence-electron chi connectivity index (χ3n) is 1.26. The SMILES string of the molecule is C=CC(=O)Cc1nccn1S. The fourth-order valence-corrected chi connectivity index (χ4v) is 0.864. The topological polar surface area (TPSA) is 34.9 Å². The maximum Gasteiger partial charge on any atom is 0.162 e. The lowest BCUT2D eigenvalue weighted by molar-refractivity contribution is -0.114. The zero-order valence-corrected chi connectivity index (χ0v) is 6.79. The zero-order valence-electron chi connectivity index (χ0n) is 5.90. The first-order chi connectivity index (χ1) is 5.24. The second kappa shape index (κ2) is 3.39. The van der Waals surface area contributed by atoms with Crippen molar-refractivity contribution >= 4 is 18.6 Å². The number of hydrogen-bond acceptors (Lipinski definition) is 3. The molecule has 0 saturated heterocycles. The van der Waals surface area contributed by atoms with E-state index in [1.165, 1.54) is 10.0 Å². The van der Waals surface area contributed by atoms with Gasteiger partial charge in [-0.2, -0.15) is 0 Å². The molecular formula is C7H8N2OS.